The van der Waals surface area contributed by atoms with Gasteiger partial charge in [0.25, 0.3) is 5.91 Å². The molecule has 34 heavy (non-hydrogen) atoms. The number of hydrogen-bond donors (Lipinski definition) is 4. The van der Waals surface area contributed by atoms with E-state index in [0.29, 0.717) is 37.4 Å². The van der Waals surface area contributed by atoms with Crippen LogP contribution in [0.2, 0.25) is 0 Å². The van der Waals surface area contributed by atoms with E-state index in [1.165, 1.54) is 26.3 Å². The molecule has 1 aliphatic heterocycles. The Labute approximate surface area is 197 Å². The van der Waals surface area contributed by atoms with Crippen LogP contribution in [0.3, 0.4) is 0 Å². The Morgan fingerprint density at radius 3 is 2.79 bits per heavy atom. The van der Waals surface area contributed by atoms with E-state index in [2.05, 4.69) is 26.3 Å². The smallest absolute Gasteiger partial charge is 0.326 e. The maximum atomic E-state index is 13.5. The number of esters is 1. The number of pyridine rings is 1. The molecule has 2 heterocycles. The van der Waals surface area contributed by atoms with Gasteiger partial charge in [-0.15, -0.1) is 0 Å². The molecule has 0 saturated heterocycles. The summed E-state index contributed by atoms with van der Waals surface area (Å²) in [6, 6.07) is 9.05. The minimum atomic E-state index is -0.574. The van der Waals surface area contributed by atoms with Crippen LogP contribution < -0.4 is 21.3 Å². The molecular weight excluding hydrogens is 441 g/mol. The van der Waals surface area contributed by atoms with Gasteiger partial charge in [-0.05, 0) is 48.2 Å². The number of rotatable bonds is 9. The third kappa shape index (κ3) is 6.61. The van der Waals surface area contributed by atoms with Gasteiger partial charge in [-0.1, -0.05) is 18.2 Å². The van der Waals surface area contributed by atoms with Gasteiger partial charge in [0, 0.05) is 20.1 Å². The SMILES string of the molecule is CNC(=O)CNC(=O)c1ccc(C2=CC(C(=O)OC)NCC2)nc1NCCc1cccc(F)c1. The number of nitrogens with zero attached hydrogens (tertiary/aromatic N) is 1. The number of aromatic nitrogens is 1. The van der Waals surface area contributed by atoms with E-state index < -0.39 is 17.9 Å². The fourth-order valence-corrected chi connectivity index (χ4v) is 3.52. The molecule has 0 bridgehead atoms. The van der Waals surface area contributed by atoms with Crippen molar-refractivity contribution in [1.82, 2.24) is 20.9 Å². The third-order valence-electron chi connectivity index (χ3n) is 5.33. The predicted molar refractivity (Wildman–Crippen MR) is 126 cm³/mol. The van der Waals surface area contributed by atoms with Gasteiger partial charge in [0.1, 0.15) is 17.7 Å². The molecule has 0 spiro atoms. The molecule has 1 atom stereocenters. The van der Waals surface area contributed by atoms with E-state index in [-0.39, 0.29) is 23.8 Å². The highest BCUT2D eigenvalue weighted by Crippen LogP contribution is 2.24. The predicted octanol–water partition coefficient (Wildman–Crippen LogP) is 1.27. The van der Waals surface area contributed by atoms with Gasteiger partial charge in [-0.25, -0.2) is 9.37 Å². The lowest BCUT2D eigenvalue weighted by Crippen LogP contribution is -2.39. The number of halogens is 1. The number of anilines is 1. The van der Waals surface area contributed by atoms with E-state index >= 15 is 0 Å². The first-order chi connectivity index (χ1) is 16.4. The normalized spacial score (nSPS) is 15.1. The molecular formula is C24H28FN5O4. The van der Waals surface area contributed by atoms with Gasteiger partial charge < -0.3 is 26.0 Å². The molecule has 1 aromatic heterocycles. The summed E-state index contributed by atoms with van der Waals surface area (Å²) < 4.78 is 18.3. The summed E-state index contributed by atoms with van der Waals surface area (Å²) in [4.78, 5) is 40.8. The average Bonchev–Trinajstić information content (AvgIpc) is 2.86. The first kappa shape index (κ1) is 24.8. The Bertz CT molecular complexity index is 1090. The Morgan fingerprint density at radius 2 is 2.06 bits per heavy atom. The Kier molecular flexibility index (Phi) is 8.69. The summed E-state index contributed by atoms with van der Waals surface area (Å²) in [6.07, 6.45) is 2.92. The van der Waals surface area contributed by atoms with Gasteiger partial charge in [0.2, 0.25) is 5.91 Å². The zero-order chi connectivity index (χ0) is 24.5. The second-order valence-corrected chi connectivity index (χ2v) is 7.65. The number of methoxy groups -OCH3 is 1. The quantitative estimate of drug-likeness (QED) is 0.408. The molecule has 0 fully saturated rings. The second-order valence-electron chi connectivity index (χ2n) is 7.65. The van der Waals surface area contributed by atoms with Gasteiger partial charge in [0.05, 0.1) is 24.9 Å². The number of amides is 2. The maximum Gasteiger partial charge on any atom is 0.326 e. The van der Waals surface area contributed by atoms with Crippen molar-refractivity contribution < 1.29 is 23.5 Å². The van der Waals surface area contributed by atoms with Gasteiger partial charge in [0.15, 0.2) is 0 Å². The van der Waals surface area contributed by atoms with E-state index in [9.17, 15) is 18.8 Å². The largest absolute Gasteiger partial charge is 0.468 e. The lowest BCUT2D eigenvalue weighted by Gasteiger charge is -2.21. The summed E-state index contributed by atoms with van der Waals surface area (Å²) in [5.74, 6) is -1.16. The van der Waals surface area contributed by atoms with Crippen molar-refractivity contribution in [3.63, 3.8) is 0 Å². The molecule has 0 saturated carbocycles. The van der Waals surface area contributed by atoms with Gasteiger partial charge in [-0.2, -0.15) is 0 Å². The molecule has 2 aromatic rings. The summed E-state index contributed by atoms with van der Waals surface area (Å²) in [5, 5.41) is 11.3. The minimum Gasteiger partial charge on any atom is -0.468 e. The van der Waals surface area contributed by atoms with Gasteiger partial charge in [-0.3, -0.25) is 14.4 Å². The molecule has 9 nitrogen and oxygen atoms in total. The molecule has 2 amide bonds. The van der Waals surface area contributed by atoms with Crippen LogP contribution in [0, 0.1) is 5.82 Å². The maximum absolute atomic E-state index is 13.5. The van der Waals surface area contributed by atoms with Crippen molar-refractivity contribution in [1.29, 1.82) is 0 Å². The number of benzene rings is 1. The molecule has 1 aromatic carbocycles. The van der Waals surface area contributed by atoms with Crippen LogP contribution in [-0.4, -0.2) is 62.6 Å². The summed E-state index contributed by atoms with van der Waals surface area (Å²) in [6.45, 7) is 0.808. The molecule has 4 N–H and O–H groups in total. The molecule has 1 unspecified atom stereocenters. The summed E-state index contributed by atoms with van der Waals surface area (Å²) >= 11 is 0. The minimum absolute atomic E-state index is 0.169. The van der Waals surface area contributed by atoms with E-state index in [0.717, 1.165) is 11.1 Å². The topological polar surface area (TPSA) is 121 Å². The van der Waals surface area contributed by atoms with Crippen LogP contribution in [-0.2, 0) is 20.7 Å². The standard InChI is InChI=1S/C24H28FN5O4/c1-26-21(31)14-29-23(32)18-6-7-19(16-9-11-27-20(13-16)24(33)34-2)30-22(18)28-10-8-15-4-3-5-17(25)12-15/h3-7,12-13,20,27H,8-11,14H2,1-2H3,(H,26,31)(H,28,30)(H,29,32). The Hall–Kier alpha value is -3.79. The average molecular weight is 470 g/mol. The second kappa shape index (κ2) is 11.9. The lowest BCUT2D eigenvalue weighted by molar-refractivity contribution is -0.141. The molecule has 10 heteroatoms. The number of likely N-dealkylation sites (N-methyl/N-ethyl adjacent to an activating group) is 1. The summed E-state index contributed by atoms with van der Waals surface area (Å²) in [7, 11) is 2.82. The highest BCUT2D eigenvalue weighted by molar-refractivity contribution is 6.00. The van der Waals surface area contributed by atoms with E-state index in [1.807, 2.05) is 6.07 Å². The molecule has 180 valence electrons. The monoisotopic (exact) mass is 469 g/mol. The molecule has 0 aliphatic carbocycles. The first-order valence-corrected chi connectivity index (χ1v) is 10.9. The molecule has 0 radical (unpaired) electrons. The van der Waals surface area contributed by atoms with Crippen molar-refractivity contribution in [3.05, 3.63) is 65.1 Å². The van der Waals surface area contributed by atoms with Crippen LogP contribution in [0.5, 0.6) is 0 Å². The van der Waals surface area contributed by atoms with Crippen LogP contribution in [0.15, 0.2) is 42.5 Å². The van der Waals surface area contributed by atoms with Crippen molar-refractivity contribution in [3.8, 4) is 0 Å². The third-order valence-corrected chi connectivity index (χ3v) is 5.33. The highest BCUT2D eigenvalue weighted by Gasteiger charge is 2.23. The van der Waals surface area contributed by atoms with Crippen LogP contribution in [0.1, 0.15) is 28.0 Å². The fourth-order valence-electron chi connectivity index (χ4n) is 3.52. The van der Waals surface area contributed by atoms with Crippen molar-refractivity contribution in [2.45, 2.75) is 18.9 Å². The van der Waals surface area contributed by atoms with Crippen molar-refractivity contribution in [2.75, 3.05) is 39.1 Å². The number of carbonyl (C=O) groups is 3. The van der Waals surface area contributed by atoms with Gasteiger partial charge >= 0.3 is 5.97 Å². The number of nitrogens with one attached hydrogen (secondary N) is 4. The zero-order valence-electron chi connectivity index (χ0n) is 19.1. The Morgan fingerprint density at radius 1 is 1.24 bits per heavy atom. The zero-order valence-corrected chi connectivity index (χ0v) is 19.1. The van der Waals surface area contributed by atoms with Crippen molar-refractivity contribution in [2.24, 2.45) is 0 Å². The first-order valence-electron chi connectivity index (χ1n) is 10.9. The lowest BCUT2D eigenvalue weighted by atomic mass is 10.0. The molecule has 1 aliphatic rings. The number of hydrogen-bond acceptors (Lipinski definition) is 7. The van der Waals surface area contributed by atoms with Crippen LogP contribution >= 0.6 is 0 Å². The summed E-state index contributed by atoms with van der Waals surface area (Å²) in [5.41, 5.74) is 2.54. The number of carbonyl (C=O) groups excluding carboxylic acids is 3. The Balaban J connectivity index is 1.83. The number of ether oxygens (including phenoxy) is 1. The van der Waals surface area contributed by atoms with E-state index in [1.54, 1.807) is 24.3 Å². The highest BCUT2D eigenvalue weighted by atomic mass is 19.1. The van der Waals surface area contributed by atoms with E-state index in [4.69, 9.17) is 4.74 Å². The van der Waals surface area contributed by atoms with Crippen LogP contribution in [0.25, 0.3) is 5.57 Å². The van der Waals surface area contributed by atoms with Crippen LogP contribution in [0.4, 0.5) is 10.2 Å². The fraction of sp³-hybridized carbons (Fsp3) is 0.333. The van der Waals surface area contributed by atoms with Crippen molar-refractivity contribution >= 4 is 29.2 Å². The molecule has 3 rings (SSSR count).